The molecular weight excluding hydrogens is 278 g/mol. The van der Waals surface area contributed by atoms with Gasteiger partial charge in [-0.2, -0.15) is 11.8 Å². The Morgan fingerprint density at radius 2 is 1.90 bits per heavy atom. The number of carbonyl (C=O) groups excluding carboxylic acids is 1. The van der Waals surface area contributed by atoms with Crippen LogP contribution in [0, 0.1) is 0 Å². The number of aliphatic carboxylic acids is 1. The van der Waals surface area contributed by atoms with Crippen molar-refractivity contribution in [2.24, 2.45) is 0 Å². The van der Waals surface area contributed by atoms with Gasteiger partial charge in [0, 0.05) is 30.1 Å². The summed E-state index contributed by atoms with van der Waals surface area (Å²) in [7, 11) is 0. The number of nitrogens with one attached hydrogen (secondary N) is 1. The van der Waals surface area contributed by atoms with E-state index in [4.69, 9.17) is 0 Å². The van der Waals surface area contributed by atoms with Crippen LogP contribution in [0.3, 0.4) is 0 Å². The predicted molar refractivity (Wildman–Crippen MR) is 78.6 cm³/mol. The van der Waals surface area contributed by atoms with E-state index in [1.54, 1.807) is 11.8 Å². The summed E-state index contributed by atoms with van der Waals surface area (Å²) >= 11 is 1.58. The molecule has 2 rings (SSSR count). The van der Waals surface area contributed by atoms with Crippen LogP contribution < -0.4 is 5.43 Å². The minimum Gasteiger partial charge on any atom is -0.480 e. The molecule has 114 valence electrons. The van der Waals surface area contributed by atoms with Crippen molar-refractivity contribution in [1.29, 1.82) is 0 Å². The van der Waals surface area contributed by atoms with E-state index in [1.165, 1.54) is 11.3 Å². The molecule has 0 aromatic carbocycles. The predicted octanol–water partition coefficient (Wildman–Crippen LogP) is 1.38. The number of hydrazine groups is 1. The van der Waals surface area contributed by atoms with Gasteiger partial charge in [0.1, 0.15) is 6.04 Å². The zero-order chi connectivity index (χ0) is 14.7. The number of hydrogen-bond acceptors (Lipinski definition) is 4. The number of amides is 2. The standard InChI is InChI=1S/C13H23N3O3S/c1-9-4-3-5-10(2)16(9)14-13(19)15-6-7-20-8-11(15)12(17)18/h9-11H,3-8H2,1-2H3,(H,14,19)(H,17,18). The van der Waals surface area contributed by atoms with Crippen LogP contribution in [0.25, 0.3) is 0 Å². The highest BCUT2D eigenvalue weighted by Gasteiger charge is 2.34. The zero-order valence-electron chi connectivity index (χ0n) is 12.0. The van der Waals surface area contributed by atoms with Gasteiger partial charge in [-0.25, -0.2) is 14.6 Å². The molecule has 2 heterocycles. The molecular formula is C13H23N3O3S. The van der Waals surface area contributed by atoms with Crippen LogP contribution in [-0.4, -0.2) is 63.2 Å². The maximum atomic E-state index is 12.4. The molecule has 6 nitrogen and oxygen atoms in total. The zero-order valence-corrected chi connectivity index (χ0v) is 12.9. The molecule has 3 unspecified atom stereocenters. The Hall–Kier alpha value is -0.950. The molecule has 2 amide bonds. The SMILES string of the molecule is CC1CCCC(C)N1NC(=O)N1CCSCC1C(=O)O. The summed E-state index contributed by atoms with van der Waals surface area (Å²) in [5.74, 6) is 0.336. The average Bonchev–Trinajstić information content (AvgIpc) is 2.43. The number of nitrogens with zero attached hydrogens (tertiary/aromatic N) is 2. The van der Waals surface area contributed by atoms with Gasteiger partial charge >= 0.3 is 12.0 Å². The third kappa shape index (κ3) is 3.38. The second-order valence-electron chi connectivity index (χ2n) is 5.58. The summed E-state index contributed by atoms with van der Waals surface area (Å²) in [5.41, 5.74) is 2.92. The first-order chi connectivity index (χ1) is 9.50. The first-order valence-corrected chi connectivity index (χ1v) is 8.32. The van der Waals surface area contributed by atoms with Gasteiger partial charge in [-0.15, -0.1) is 0 Å². The van der Waals surface area contributed by atoms with Crippen molar-refractivity contribution in [3.05, 3.63) is 0 Å². The fourth-order valence-electron chi connectivity index (χ4n) is 2.87. The van der Waals surface area contributed by atoms with Gasteiger partial charge in [0.05, 0.1) is 0 Å². The summed E-state index contributed by atoms with van der Waals surface area (Å²) in [5, 5.41) is 11.2. The van der Waals surface area contributed by atoms with Gasteiger partial charge in [0.2, 0.25) is 0 Å². The second kappa shape index (κ2) is 6.67. The molecule has 3 atom stereocenters. The monoisotopic (exact) mass is 301 g/mol. The number of urea groups is 1. The summed E-state index contributed by atoms with van der Waals surface area (Å²) in [6.07, 6.45) is 3.29. The largest absolute Gasteiger partial charge is 0.480 e. The van der Waals surface area contributed by atoms with Crippen molar-refractivity contribution in [2.45, 2.75) is 51.2 Å². The van der Waals surface area contributed by atoms with E-state index in [2.05, 4.69) is 19.3 Å². The fourth-order valence-corrected chi connectivity index (χ4v) is 3.91. The van der Waals surface area contributed by atoms with Crippen molar-refractivity contribution in [2.75, 3.05) is 18.1 Å². The lowest BCUT2D eigenvalue weighted by atomic mass is 10.00. The minimum absolute atomic E-state index is 0.279. The minimum atomic E-state index is -0.924. The van der Waals surface area contributed by atoms with E-state index in [-0.39, 0.29) is 6.03 Å². The Kier molecular flexibility index (Phi) is 5.15. The molecule has 0 bridgehead atoms. The molecule has 2 N–H and O–H groups in total. The van der Waals surface area contributed by atoms with Crippen LogP contribution in [-0.2, 0) is 4.79 Å². The van der Waals surface area contributed by atoms with Crippen LogP contribution in [0.15, 0.2) is 0 Å². The van der Waals surface area contributed by atoms with Gasteiger partial charge in [0.25, 0.3) is 0 Å². The summed E-state index contributed by atoms with van der Waals surface area (Å²) in [4.78, 5) is 25.1. The van der Waals surface area contributed by atoms with E-state index in [0.29, 0.717) is 24.4 Å². The van der Waals surface area contributed by atoms with Gasteiger partial charge in [-0.3, -0.25) is 5.43 Å². The maximum absolute atomic E-state index is 12.4. The van der Waals surface area contributed by atoms with E-state index in [1.807, 2.05) is 5.01 Å². The maximum Gasteiger partial charge on any atom is 0.332 e. The summed E-state index contributed by atoms with van der Waals surface area (Å²) in [6, 6.07) is -0.405. The highest BCUT2D eigenvalue weighted by Crippen LogP contribution is 2.21. The van der Waals surface area contributed by atoms with Crippen LogP contribution in [0.4, 0.5) is 4.79 Å². The molecule has 0 aliphatic carbocycles. The molecule has 0 aromatic heterocycles. The quantitative estimate of drug-likeness (QED) is 0.806. The highest BCUT2D eigenvalue weighted by atomic mass is 32.2. The van der Waals surface area contributed by atoms with Crippen molar-refractivity contribution in [1.82, 2.24) is 15.3 Å². The summed E-state index contributed by atoms with van der Waals surface area (Å²) < 4.78 is 0. The lowest BCUT2D eigenvalue weighted by Gasteiger charge is -2.41. The molecule has 7 heteroatoms. The molecule has 2 aliphatic heterocycles. The molecule has 0 aromatic rings. The number of thioether (sulfide) groups is 1. The number of hydrogen-bond donors (Lipinski definition) is 2. The topological polar surface area (TPSA) is 72.9 Å². The molecule has 0 radical (unpaired) electrons. The Bertz CT molecular complexity index is 370. The number of carboxylic acid groups (broad SMARTS) is 1. The average molecular weight is 301 g/mol. The van der Waals surface area contributed by atoms with Crippen LogP contribution in [0.5, 0.6) is 0 Å². The van der Waals surface area contributed by atoms with Gasteiger partial charge in [-0.05, 0) is 26.7 Å². The first kappa shape index (κ1) is 15.4. The number of rotatable bonds is 2. The fraction of sp³-hybridized carbons (Fsp3) is 0.846. The Balaban J connectivity index is 2.00. The Morgan fingerprint density at radius 3 is 2.50 bits per heavy atom. The Labute approximate surface area is 123 Å². The van der Waals surface area contributed by atoms with Crippen molar-refractivity contribution in [3.8, 4) is 0 Å². The van der Waals surface area contributed by atoms with E-state index < -0.39 is 12.0 Å². The van der Waals surface area contributed by atoms with Crippen LogP contribution in [0.1, 0.15) is 33.1 Å². The first-order valence-electron chi connectivity index (χ1n) is 7.17. The summed E-state index contributed by atoms with van der Waals surface area (Å²) in [6.45, 7) is 4.68. The molecule has 20 heavy (non-hydrogen) atoms. The highest BCUT2D eigenvalue weighted by molar-refractivity contribution is 7.99. The van der Waals surface area contributed by atoms with E-state index >= 15 is 0 Å². The van der Waals surface area contributed by atoms with Gasteiger partial charge < -0.3 is 10.0 Å². The molecule has 2 saturated heterocycles. The van der Waals surface area contributed by atoms with E-state index in [0.717, 1.165) is 18.6 Å². The number of carbonyl (C=O) groups is 2. The third-order valence-electron chi connectivity index (χ3n) is 4.09. The Morgan fingerprint density at radius 1 is 1.25 bits per heavy atom. The van der Waals surface area contributed by atoms with Gasteiger partial charge in [-0.1, -0.05) is 6.42 Å². The molecule has 0 saturated carbocycles. The second-order valence-corrected chi connectivity index (χ2v) is 6.73. The lowest BCUT2D eigenvalue weighted by molar-refractivity contribution is -0.141. The molecule has 0 spiro atoms. The lowest BCUT2D eigenvalue weighted by Crippen LogP contribution is -2.61. The van der Waals surface area contributed by atoms with Crippen molar-refractivity contribution >= 4 is 23.8 Å². The van der Waals surface area contributed by atoms with E-state index in [9.17, 15) is 14.7 Å². The smallest absolute Gasteiger partial charge is 0.332 e. The number of piperidine rings is 1. The normalized spacial score (nSPS) is 31.9. The van der Waals surface area contributed by atoms with Crippen molar-refractivity contribution < 1.29 is 14.7 Å². The molecule has 2 aliphatic rings. The van der Waals surface area contributed by atoms with Crippen molar-refractivity contribution in [3.63, 3.8) is 0 Å². The van der Waals surface area contributed by atoms with Crippen LogP contribution in [0.2, 0.25) is 0 Å². The van der Waals surface area contributed by atoms with Gasteiger partial charge in [0.15, 0.2) is 0 Å². The molecule has 2 fully saturated rings. The van der Waals surface area contributed by atoms with Crippen LogP contribution >= 0.6 is 11.8 Å². The number of carboxylic acids is 1. The third-order valence-corrected chi connectivity index (χ3v) is 5.12.